The van der Waals surface area contributed by atoms with E-state index in [1.165, 1.54) is 11.8 Å². The summed E-state index contributed by atoms with van der Waals surface area (Å²) in [5.74, 6) is 0.265. The third kappa shape index (κ3) is 4.72. The molecule has 0 saturated heterocycles. The zero-order valence-corrected chi connectivity index (χ0v) is 13.8. The van der Waals surface area contributed by atoms with Crippen molar-refractivity contribution in [3.63, 3.8) is 0 Å². The van der Waals surface area contributed by atoms with E-state index in [1.54, 1.807) is 32.2 Å². The van der Waals surface area contributed by atoms with Crippen LogP contribution in [0, 0.1) is 0 Å². The number of benzene rings is 1. The lowest BCUT2D eigenvalue weighted by molar-refractivity contribution is -0.120. The number of hydrogen-bond acceptors (Lipinski definition) is 6. The van der Waals surface area contributed by atoms with Gasteiger partial charge in [-0.05, 0) is 25.1 Å². The molecule has 1 heterocycles. The van der Waals surface area contributed by atoms with E-state index >= 15 is 0 Å². The van der Waals surface area contributed by atoms with Crippen LogP contribution in [0.1, 0.15) is 6.92 Å². The van der Waals surface area contributed by atoms with Gasteiger partial charge in [-0.3, -0.25) is 4.79 Å². The quantitative estimate of drug-likeness (QED) is 0.616. The molecular weight excluding hydrogens is 326 g/mol. The van der Waals surface area contributed by atoms with Crippen molar-refractivity contribution >= 4 is 29.3 Å². The molecule has 118 valence electrons. The first kappa shape index (κ1) is 16.8. The number of methoxy groups -OCH3 is 1. The Kier molecular flexibility index (Phi) is 6.23. The molecule has 0 aliphatic heterocycles. The monoisotopic (exact) mass is 341 g/mol. The van der Waals surface area contributed by atoms with Gasteiger partial charge in [-0.25, -0.2) is 0 Å². The second-order valence-electron chi connectivity index (χ2n) is 4.43. The number of carbonyl (C=O) groups excluding carboxylic acids is 1. The number of aromatic nitrogens is 2. The number of carbonyl (C=O) groups is 1. The minimum atomic E-state index is -0.343. The molecule has 1 aromatic heterocycles. The summed E-state index contributed by atoms with van der Waals surface area (Å²) in [5.41, 5.74) is 0.740. The zero-order chi connectivity index (χ0) is 15.9. The van der Waals surface area contributed by atoms with Crippen LogP contribution in [0.15, 0.2) is 33.9 Å². The third-order valence-corrected chi connectivity index (χ3v) is 3.90. The number of amides is 1. The normalized spacial score (nSPS) is 12.1. The number of hydrogen-bond donors (Lipinski definition) is 1. The van der Waals surface area contributed by atoms with E-state index in [0.29, 0.717) is 29.3 Å². The summed E-state index contributed by atoms with van der Waals surface area (Å²) in [6.07, 6.45) is 0. The van der Waals surface area contributed by atoms with Gasteiger partial charge in [0, 0.05) is 24.2 Å². The number of halogens is 1. The van der Waals surface area contributed by atoms with Crippen LogP contribution >= 0.6 is 23.4 Å². The third-order valence-electron chi connectivity index (χ3n) is 2.73. The Morgan fingerprint density at radius 2 is 2.32 bits per heavy atom. The molecule has 2 aromatic rings. The average Bonchev–Trinajstić information content (AvgIpc) is 2.96. The number of nitrogens with zero attached hydrogens (tertiary/aromatic N) is 2. The van der Waals surface area contributed by atoms with E-state index in [-0.39, 0.29) is 11.2 Å². The van der Waals surface area contributed by atoms with E-state index in [1.807, 2.05) is 6.07 Å². The van der Waals surface area contributed by atoms with Gasteiger partial charge >= 0.3 is 0 Å². The Balaban J connectivity index is 1.95. The molecule has 1 N–H and O–H groups in total. The molecule has 0 bridgehead atoms. The van der Waals surface area contributed by atoms with Gasteiger partial charge in [0.1, 0.15) is 0 Å². The lowest BCUT2D eigenvalue weighted by Gasteiger charge is -2.08. The first-order valence-corrected chi connectivity index (χ1v) is 7.88. The van der Waals surface area contributed by atoms with Gasteiger partial charge in [0.25, 0.3) is 5.22 Å². The number of rotatable bonds is 7. The largest absolute Gasteiger partial charge is 0.411 e. The highest BCUT2D eigenvalue weighted by Crippen LogP contribution is 2.27. The van der Waals surface area contributed by atoms with Crippen molar-refractivity contribution < 1.29 is 13.9 Å². The molecule has 1 atom stereocenters. The lowest BCUT2D eigenvalue weighted by Crippen LogP contribution is -2.33. The van der Waals surface area contributed by atoms with Crippen molar-refractivity contribution in [1.82, 2.24) is 15.5 Å². The summed E-state index contributed by atoms with van der Waals surface area (Å²) in [4.78, 5) is 11.8. The van der Waals surface area contributed by atoms with Crippen LogP contribution in [0.2, 0.25) is 5.02 Å². The molecule has 2 rings (SSSR count). The van der Waals surface area contributed by atoms with Crippen LogP contribution in [-0.2, 0) is 9.53 Å². The summed E-state index contributed by atoms with van der Waals surface area (Å²) in [6.45, 7) is 2.72. The number of thioether (sulfide) groups is 1. The predicted octanol–water partition coefficient (Wildman–Crippen LogP) is 2.63. The predicted molar refractivity (Wildman–Crippen MR) is 84.9 cm³/mol. The van der Waals surface area contributed by atoms with Gasteiger partial charge in [-0.1, -0.05) is 29.4 Å². The molecule has 0 aliphatic rings. The fraction of sp³-hybridized carbons (Fsp3) is 0.357. The molecule has 0 fully saturated rings. The molecule has 0 saturated carbocycles. The number of ether oxygens (including phenoxy) is 1. The van der Waals surface area contributed by atoms with Gasteiger partial charge in [0.05, 0.1) is 11.9 Å². The first-order valence-electron chi connectivity index (χ1n) is 6.63. The number of nitrogens with one attached hydrogen (secondary N) is 1. The van der Waals surface area contributed by atoms with Crippen molar-refractivity contribution in [3.8, 4) is 11.5 Å². The molecule has 0 aliphatic carbocycles. The Hall–Kier alpha value is -1.57. The zero-order valence-electron chi connectivity index (χ0n) is 12.2. The van der Waals surface area contributed by atoms with Crippen molar-refractivity contribution in [1.29, 1.82) is 0 Å². The Bertz CT molecular complexity index is 635. The minimum absolute atomic E-state index is 0.107. The Morgan fingerprint density at radius 1 is 1.50 bits per heavy atom. The molecule has 8 heteroatoms. The minimum Gasteiger partial charge on any atom is -0.411 e. The van der Waals surface area contributed by atoms with Crippen LogP contribution in [0.3, 0.4) is 0 Å². The van der Waals surface area contributed by atoms with E-state index in [0.717, 1.165) is 5.56 Å². The average molecular weight is 342 g/mol. The summed E-state index contributed by atoms with van der Waals surface area (Å²) in [6, 6.07) is 7.14. The van der Waals surface area contributed by atoms with Gasteiger partial charge in [0.15, 0.2) is 0 Å². The van der Waals surface area contributed by atoms with Gasteiger partial charge < -0.3 is 14.5 Å². The van der Waals surface area contributed by atoms with Crippen LogP contribution in [-0.4, -0.2) is 41.6 Å². The maximum Gasteiger partial charge on any atom is 0.277 e. The first-order chi connectivity index (χ1) is 10.6. The van der Waals surface area contributed by atoms with E-state index in [9.17, 15) is 4.79 Å². The Morgan fingerprint density at radius 3 is 3.05 bits per heavy atom. The molecule has 1 amide bonds. The highest BCUT2D eigenvalue weighted by Gasteiger charge is 2.18. The van der Waals surface area contributed by atoms with Crippen LogP contribution in [0.5, 0.6) is 0 Å². The lowest BCUT2D eigenvalue weighted by atomic mass is 10.2. The second kappa shape index (κ2) is 8.17. The topological polar surface area (TPSA) is 77.2 Å². The van der Waals surface area contributed by atoms with E-state index in [2.05, 4.69) is 15.5 Å². The van der Waals surface area contributed by atoms with E-state index in [4.69, 9.17) is 20.8 Å². The maximum atomic E-state index is 11.8. The molecular formula is C14H16ClN3O3S. The van der Waals surface area contributed by atoms with E-state index < -0.39 is 0 Å². The molecule has 0 unspecified atom stereocenters. The second-order valence-corrected chi connectivity index (χ2v) is 6.16. The van der Waals surface area contributed by atoms with Crippen molar-refractivity contribution in [2.24, 2.45) is 0 Å². The van der Waals surface area contributed by atoms with Crippen molar-refractivity contribution in [2.75, 3.05) is 20.3 Å². The van der Waals surface area contributed by atoms with Crippen molar-refractivity contribution in [2.45, 2.75) is 17.4 Å². The SMILES string of the molecule is COCCNC(=O)[C@@H](C)Sc1nnc(-c2cccc(Cl)c2)o1. The molecule has 1 aromatic carbocycles. The van der Waals surface area contributed by atoms with Crippen LogP contribution in [0.4, 0.5) is 0 Å². The van der Waals surface area contributed by atoms with Gasteiger partial charge in [-0.15, -0.1) is 10.2 Å². The summed E-state index contributed by atoms with van der Waals surface area (Å²) < 4.78 is 10.4. The summed E-state index contributed by atoms with van der Waals surface area (Å²) in [5, 5.41) is 11.3. The van der Waals surface area contributed by atoms with Gasteiger partial charge in [-0.2, -0.15) is 0 Å². The molecule has 0 spiro atoms. The smallest absolute Gasteiger partial charge is 0.277 e. The van der Waals surface area contributed by atoms with Crippen LogP contribution in [0.25, 0.3) is 11.5 Å². The standard InChI is InChI=1S/C14H16ClN3O3S/c1-9(12(19)16-6-7-20-2)22-14-18-17-13(21-14)10-4-3-5-11(15)8-10/h3-5,8-9H,6-7H2,1-2H3,(H,16,19)/t9-/m1/s1. The molecule has 0 radical (unpaired) electrons. The van der Waals surface area contributed by atoms with Gasteiger partial charge in [0.2, 0.25) is 11.8 Å². The molecule has 22 heavy (non-hydrogen) atoms. The summed E-state index contributed by atoms with van der Waals surface area (Å²) >= 11 is 7.13. The fourth-order valence-electron chi connectivity index (χ4n) is 1.62. The fourth-order valence-corrected chi connectivity index (χ4v) is 2.52. The summed E-state index contributed by atoms with van der Waals surface area (Å²) in [7, 11) is 1.58. The van der Waals surface area contributed by atoms with Crippen LogP contribution < -0.4 is 5.32 Å². The highest BCUT2D eigenvalue weighted by atomic mass is 35.5. The highest BCUT2D eigenvalue weighted by molar-refractivity contribution is 8.00. The molecule has 6 nitrogen and oxygen atoms in total. The van der Waals surface area contributed by atoms with Crippen molar-refractivity contribution in [3.05, 3.63) is 29.3 Å². The Labute approximate surface area is 137 Å². The maximum absolute atomic E-state index is 11.8.